The maximum Gasteiger partial charge on any atom is 0.303 e. The first-order chi connectivity index (χ1) is 6.50. The van der Waals surface area contributed by atoms with E-state index in [2.05, 4.69) is 25.7 Å². The predicted octanol–water partition coefficient (Wildman–Crippen LogP) is 1.83. The van der Waals surface area contributed by atoms with Crippen molar-refractivity contribution in [1.29, 1.82) is 0 Å². The number of hydrogen-bond acceptors (Lipinski definition) is 2. The van der Waals surface area contributed by atoms with E-state index in [1.165, 1.54) is 0 Å². The quantitative estimate of drug-likeness (QED) is 0.751. The molecule has 3 nitrogen and oxygen atoms in total. The summed E-state index contributed by atoms with van der Waals surface area (Å²) in [5.41, 5.74) is 0. The summed E-state index contributed by atoms with van der Waals surface area (Å²) in [7, 11) is 0. The molecule has 0 radical (unpaired) electrons. The normalized spacial score (nSPS) is 25.6. The Hall–Kier alpha value is -0.570. The topological polar surface area (TPSA) is 40.5 Å². The number of nitrogens with zero attached hydrogens (tertiary/aromatic N) is 1. The molecule has 14 heavy (non-hydrogen) atoms. The van der Waals surface area contributed by atoms with Gasteiger partial charge in [-0.15, -0.1) is 0 Å². The molecule has 0 saturated carbocycles. The highest BCUT2D eigenvalue weighted by Gasteiger charge is 2.28. The van der Waals surface area contributed by atoms with Gasteiger partial charge in [0.05, 0.1) is 0 Å². The van der Waals surface area contributed by atoms with E-state index in [1.54, 1.807) is 0 Å². The van der Waals surface area contributed by atoms with E-state index < -0.39 is 5.97 Å². The second kappa shape index (κ2) is 4.78. The Morgan fingerprint density at radius 3 is 2.64 bits per heavy atom. The van der Waals surface area contributed by atoms with E-state index in [9.17, 15) is 4.79 Å². The number of carboxylic acids is 1. The minimum absolute atomic E-state index is 0.335. The van der Waals surface area contributed by atoms with Gasteiger partial charge in [-0.05, 0) is 31.7 Å². The van der Waals surface area contributed by atoms with Crippen molar-refractivity contribution in [2.75, 3.05) is 13.1 Å². The van der Waals surface area contributed by atoms with Crippen LogP contribution in [0, 0.1) is 11.8 Å². The van der Waals surface area contributed by atoms with Gasteiger partial charge in [-0.1, -0.05) is 13.8 Å². The van der Waals surface area contributed by atoms with Crippen molar-refractivity contribution in [2.24, 2.45) is 11.8 Å². The number of rotatable bonds is 4. The molecule has 0 bridgehead atoms. The van der Waals surface area contributed by atoms with Crippen LogP contribution in [0.15, 0.2) is 0 Å². The van der Waals surface area contributed by atoms with E-state index in [0.29, 0.717) is 24.3 Å². The molecular weight excluding hydrogens is 178 g/mol. The molecule has 0 aromatic carbocycles. The molecule has 3 heteroatoms. The lowest BCUT2D eigenvalue weighted by atomic mass is 10.0. The minimum Gasteiger partial charge on any atom is -0.481 e. The molecule has 0 aromatic heterocycles. The zero-order valence-electron chi connectivity index (χ0n) is 9.36. The summed E-state index contributed by atoms with van der Waals surface area (Å²) in [5, 5.41) is 8.69. The molecule has 0 spiro atoms. The maximum absolute atomic E-state index is 10.5. The van der Waals surface area contributed by atoms with Gasteiger partial charge < -0.3 is 10.0 Å². The number of likely N-dealkylation sites (tertiary alicyclic amines) is 1. The largest absolute Gasteiger partial charge is 0.481 e. The second-order valence-electron chi connectivity index (χ2n) is 4.73. The first-order valence-corrected chi connectivity index (χ1v) is 5.46. The summed E-state index contributed by atoms with van der Waals surface area (Å²) >= 11 is 0. The van der Waals surface area contributed by atoms with Crippen LogP contribution in [0.1, 0.15) is 33.6 Å². The van der Waals surface area contributed by atoms with Crippen LogP contribution in [0.4, 0.5) is 0 Å². The molecule has 0 aromatic rings. The van der Waals surface area contributed by atoms with E-state index in [-0.39, 0.29) is 0 Å². The van der Waals surface area contributed by atoms with Crippen molar-refractivity contribution < 1.29 is 9.90 Å². The second-order valence-corrected chi connectivity index (χ2v) is 4.73. The molecule has 1 heterocycles. The Morgan fingerprint density at radius 1 is 1.50 bits per heavy atom. The van der Waals surface area contributed by atoms with Gasteiger partial charge in [-0.2, -0.15) is 0 Å². The number of hydrogen-bond donors (Lipinski definition) is 1. The summed E-state index contributed by atoms with van der Waals surface area (Å²) in [4.78, 5) is 13.0. The maximum atomic E-state index is 10.5. The monoisotopic (exact) mass is 199 g/mol. The highest BCUT2D eigenvalue weighted by Crippen LogP contribution is 2.23. The van der Waals surface area contributed by atoms with Crippen LogP contribution in [0.3, 0.4) is 0 Å². The third kappa shape index (κ3) is 2.98. The summed E-state index contributed by atoms with van der Waals surface area (Å²) in [5.74, 6) is 0.362. The van der Waals surface area contributed by atoms with Gasteiger partial charge in [0.25, 0.3) is 0 Å². The summed E-state index contributed by atoms with van der Waals surface area (Å²) in [6.45, 7) is 8.70. The third-order valence-electron chi connectivity index (χ3n) is 3.32. The highest BCUT2D eigenvalue weighted by atomic mass is 16.4. The van der Waals surface area contributed by atoms with E-state index in [4.69, 9.17) is 5.11 Å². The zero-order chi connectivity index (χ0) is 10.7. The van der Waals surface area contributed by atoms with Gasteiger partial charge in [-0.25, -0.2) is 0 Å². The number of carboxylic acid groups (broad SMARTS) is 1. The third-order valence-corrected chi connectivity index (χ3v) is 3.32. The van der Waals surface area contributed by atoms with Gasteiger partial charge in [0.2, 0.25) is 0 Å². The lowest BCUT2D eigenvalue weighted by molar-refractivity contribution is -0.138. The fourth-order valence-electron chi connectivity index (χ4n) is 2.07. The molecule has 1 fully saturated rings. The molecule has 0 amide bonds. The first kappa shape index (κ1) is 11.5. The van der Waals surface area contributed by atoms with Crippen LogP contribution in [-0.4, -0.2) is 35.1 Å². The van der Waals surface area contributed by atoms with Crippen molar-refractivity contribution in [3.8, 4) is 0 Å². The van der Waals surface area contributed by atoms with Crippen molar-refractivity contribution in [3.63, 3.8) is 0 Å². The molecule has 2 unspecified atom stereocenters. The molecule has 1 N–H and O–H groups in total. The van der Waals surface area contributed by atoms with Crippen molar-refractivity contribution in [3.05, 3.63) is 0 Å². The Bertz CT molecular complexity index is 203. The Morgan fingerprint density at radius 2 is 2.14 bits per heavy atom. The van der Waals surface area contributed by atoms with Crippen molar-refractivity contribution in [2.45, 2.75) is 39.7 Å². The number of aliphatic carboxylic acids is 1. The fourth-order valence-corrected chi connectivity index (χ4v) is 2.07. The van der Waals surface area contributed by atoms with Crippen molar-refractivity contribution >= 4 is 5.97 Å². The molecular formula is C11H21NO2. The average Bonchev–Trinajstić information content (AvgIpc) is 2.50. The lowest BCUT2D eigenvalue weighted by Crippen LogP contribution is -2.34. The van der Waals surface area contributed by atoms with Gasteiger partial charge in [0, 0.05) is 19.0 Å². The zero-order valence-corrected chi connectivity index (χ0v) is 9.36. The van der Waals surface area contributed by atoms with Gasteiger partial charge in [0.15, 0.2) is 0 Å². The molecule has 1 saturated heterocycles. The molecule has 0 aliphatic carbocycles. The molecule has 1 rings (SSSR count). The first-order valence-electron chi connectivity index (χ1n) is 5.46. The SMILES string of the molecule is CC(C)C(C)N1CCC(CC(=O)O)C1. The van der Waals surface area contributed by atoms with Crippen molar-refractivity contribution in [1.82, 2.24) is 4.90 Å². The van der Waals surface area contributed by atoms with Gasteiger partial charge in [0.1, 0.15) is 0 Å². The lowest BCUT2D eigenvalue weighted by Gasteiger charge is -2.27. The Balaban J connectivity index is 2.37. The Kier molecular flexibility index (Phi) is 3.93. The minimum atomic E-state index is -0.658. The van der Waals surface area contributed by atoms with Crippen LogP contribution in [0.2, 0.25) is 0 Å². The van der Waals surface area contributed by atoms with Crippen LogP contribution in [0.25, 0.3) is 0 Å². The Labute approximate surface area is 86.1 Å². The van der Waals surface area contributed by atoms with Gasteiger partial charge >= 0.3 is 5.97 Å². The highest BCUT2D eigenvalue weighted by molar-refractivity contribution is 5.67. The number of carbonyl (C=O) groups is 1. The van der Waals surface area contributed by atoms with Crippen LogP contribution in [-0.2, 0) is 4.79 Å². The molecule has 1 aliphatic rings. The van der Waals surface area contributed by atoms with Crippen LogP contribution in [0.5, 0.6) is 0 Å². The van der Waals surface area contributed by atoms with E-state index in [1.807, 2.05) is 0 Å². The summed E-state index contributed by atoms with van der Waals surface area (Å²) in [6, 6.07) is 0.578. The fraction of sp³-hybridized carbons (Fsp3) is 0.909. The van der Waals surface area contributed by atoms with E-state index in [0.717, 1.165) is 19.5 Å². The van der Waals surface area contributed by atoms with Crippen LogP contribution < -0.4 is 0 Å². The predicted molar refractivity (Wildman–Crippen MR) is 56.2 cm³/mol. The van der Waals surface area contributed by atoms with E-state index >= 15 is 0 Å². The summed E-state index contributed by atoms with van der Waals surface area (Å²) in [6.07, 6.45) is 1.38. The van der Waals surface area contributed by atoms with Crippen LogP contribution >= 0.6 is 0 Å². The smallest absolute Gasteiger partial charge is 0.303 e. The standard InChI is InChI=1S/C11H21NO2/c1-8(2)9(3)12-5-4-10(7-12)6-11(13)14/h8-10H,4-7H2,1-3H3,(H,13,14). The molecule has 2 atom stereocenters. The average molecular weight is 199 g/mol. The molecule has 82 valence electrons. The van der Waals surface area contributed by atoms with Gasteiger partial charge in [-0.3, -0.25) is 4.79 Å². The summed E-state index contributed by atoms with van der Waals surface area (Å²) < 4.78 is 0. The molecule has 1 aliphatic heterocycles.